The summed E-state index contributed by atoms with van der Waals surface area (Å²) < 4.78 is 10.2. The molecule has 0 spiro atoms. The van der Waals surface area contributed by atoms with Gasteiger partial charge in [-0.15, -0.1) is 0 Å². The third-order valence-corrected chi connectivity index (χ3v) is 2.36. The van der Waals surface area contributed by atoms with Gasteiger partial charge in [0, 0.05) is 26.6 Å². The fourth-order valence-corrected chi connectivity index (χ4v) is 1.50. The largest absolute Gasteiger partial charge is 0.461 e. The lowest BCUT2D eigenvalue weighted by Crippen LogP contribution is -2.28. The number of amides is 1. The maximum absolute atomic E-state index is 11.5. The third-order valence-electron chi connectivity index (χ3n) is 2.19. The molecule has 118 valence electrons. The van der Waals surface area contributed by atoms with E-state index in [4.69, 9.17) is 21.1 Å². The van der Waals surface area contributed by atoms with Crippen LogP contribution in [0.25, 0.3) is 0 Å². The zero-order valence-corrected chi connectivity index (χ0v) is 13.1. The highest BCUT2D eigenvalue weighted by atomic mass is 35.5. The molecule has 1 heterocycles. The Bertz CT molecular complexity index is 459. The van der Waals surface area contributed by atoms with E-state index >= 15 is 0 Å². The summed E-state index contributed by atoms with van der Waals surface area (Å²) in [5, 5.41) is 5.65. The average Bonchev–Trinajstić information content (AvgIpc) is 2.37. The second-order valence-corrected chi connectivity index (χ2v) is 4.73. The van der Waals surface area contributed by atoms with E-state index in [0.29, 0.717) is 19.7 Å². The Balaban J connectivity index is 2.40. The minimum absolute atomic E-state index is 0.0349. The number of ether oxygens (including phenoxy) is 2. The summed E-state index contributed by atoms with van der Waals surface area (Å²) in [6.45, 7) is 5.06. The lowest BCUT2D eigenvalue weighted by atomic mass is 10.4. The van der Waals surface area contributed by atoms with Crippen LogP contribution in [0.1, 0.15) is 20.3 Å². The third kappa shape index (κ3) is 7.62. The normalized spacial score (nSPS) is 10.5. The van der Waals surface area contributed by atoms with Crippen LogP contribution in [0, 0.1) is 0 Å². The molecule has 0 radical (unpaired) electrons. The van der Waals surface area contributed by atoms with E-state index in [0.717, 1.165) is 0 Å². The van der Waals surface area contributed by atoms with Gasteiger partial charge in [-0.1, -0.05) is 0 Å². The smallest absolute Gasteiger partial charge is 0.322 e. The first-order valence-corrected chi connectivity index (χ1v) is 6.96. The monoisotopic (exact) mass is 317 g/mol. The van der Waals surface area contributed by atoms with Crippen molar-refractivity contribution < 1.29 is 14.3 Å². The van der Waals surface area contributed by atoms with E-state index in [1.807, 2.05) is 13.8 Å². The Morgan fingerprint density at radius 1 is 1.29 bits per heavy atom. The van der Waals surface area contributed by atoms with E-state index in [-0.39, 0.29) is 35.7 Å². The van der Waals surface area contributed by atoms with Gasteiger partial charge in [-0.3, -0.25) is 4.79 Å². The molecule has 8 nitrogen and oxygen atoms in total. The van der Waals surface area contributed by atoms with E-state index in [9.17, 15) is 4.79 Å². The molecule has 0 unspecified atom stereocenters. The summed E-state index contributed by atoms with van der Waals surface area (Å²) in [5.74, 6) is 0.189. The number of aromatic nitrogens is 3. The van der Waals surface area contributed by atoms with Crippen LogP contribution in [0.15, 0.2) is 0 Å². The van der Waals surface area contributed by atoms with Gasteiger partial charge in [-0.25, -0.2) is 0 Å². The van der Waals surface area contributed by atoms with Crippen molar-refractivity contribution in [2.24, 2.45) is 0 Å². The first-order chi connectivity index (χ1) is 10.0. The molecule has 1 aromatic heterocycles. The van der Waals surface area contributed by atoms with Gasteiger partial charge in [0.2, 0.25) is 17.1 Å². The summed E-state index contributed by atoms with van der Waals surface area (Å²) >= 11 is 5.78. The van der Waals surface area contributed by atoms with Gasteiger partial charge in [0.1, 0.15) is 0 Å². The average molecular weight is 318 g/mol. The van der Waals surface area contributed by atoms with Crippen LogP contribution in [0.4, 0.5) is 5.95 Å². The number of nitrogens with one attached hydrogen (secondary N) is 2. The Kier molecular flexibility index (Phi) is 7.70. The summed E-state index contributed by atoms with van der Waals surface area (Å²) in [6, 6.07) is 0.150. The topological polar surface area (TPSA) is 98.3 Å². The van der Waals surface area contributed by atoms with Crippen molar-refractivity contribution in [1.29, 1.82) is 0 Å². The number of rotatable bonds is 9. The fourth-order valence-electron chi connectivity index (χ4n) is 1.34. The SMILES string of the molecule is COCCNC(=O)CCNc1nc(Cl)nc(OC(C)C)n1. The van der Waals surface area contributed by atoms with Crippen molar-refractivity contribution in [3.8, 4) is 6.01 Å². The first kappa shape index (κ1) is 17.4. The van der Waals surface area contributed by atoms with Crippen LogP contribution >= 0.6 is 11.6 Å². The van der Waals surface area contributed by atoms with Crippen molar-refractivity contribution in [1.82, 2.24) is 20.3 Å². The van der Waals surface area contributed by atoms with E-state index < -0.39 is 0 Å². The van der Waals surface area contributed by atoms with Gasteiger partial charge < -0.3 is 20.1 Å². The molecule has 0 aliphatic rings. The number of nitrogens with zero attached hydrogens (tertiary/aromatic N) is 3. The number of hydrogen-bond donors (Lipinski definition) is 2. The second-order valence-electron chi connectivity index (χ2n) is 4.40. The highest BCUT2D eigenvalue weighted by Gasteiger charge is 2.08. The number of carbonyl (C=O) groups is 1. The van der Waals surface area contributed by atoms with Gasteiger partial charge in [0.05, 0.1) is 12.7 Å². The van der Waals surface area contributed by atoms with Crippen LogP contribution in [0.3, 0.4) is 0 Å². The highest BCUT2D eigenvalue weighted by Crippen LogP contribution is 2.12. The molecule has 0 atom stereocenters. The van der Waals surface area contributed by atoms with E-state index in [1.165, 1.54) is 0 Å². The molecule has 1 amide bonds. The Morgan fingerprint density at radius 2 is 2.05 bits per heavy atom. The van der Waals surface area contributed by atoms with Crippen LogP contribution in [-0.2, 0) is 9.53 Å². The van der Waals surface area contributed by atoms with Crippen LogP contribution in [-0.4, -0.2) is 53.8 Å². The molecule has 1 rings (SSSR count). The van der Waals surface area contributed by atoms with Crippen molar-refractivity contribution in [2.45, 2.75) is 26.4 Å². The number of anilines is 1. The molecule has 0 bridgehead atoms. The maximum Gasteiger partial charge on any atom is 0.322 e. The quantitative estimate of drug-likeness (QED) is 0.652. The van der Waals surface area contributed by atoms with Gasteiger partial charge >= 0.3 is 6.01 Å². The standard InChI is InChI=1S/C12H20ClN5O3/c1-8(2)21-12-17-10(13)16-11(18-12)15-5-4-9(19)14-6-7-20-3/h8H,4-7H2,1-3H3,(H,14,19)(H,15,16,17,18). The zero-order chi connectivity index (χ0) is 15.7. The summed E-state index contributed by atoms with van der Waals surface area (Å²) in [4.78, 5) is 23.3. The maximum atomic E-state index is 11.5. The molecule has 0 fully saturated rings. The first-order valence-electron chi connectivity index (χ1n) is 6.59. The predicted molar refractivity (Wildman–Crippen MR) is 78.6 cm³/mol. The molecule has 0 aromatic carbocycles. The number of halogens is 1. The molecule has 0 aliphatic carbocycles. The minimum atomic E-state index is -0.0849. The summed E-state index contributed by atoms with van der Waals surface area (Å²) in [5.41, 5.74) is 0. The predicted octanol–water partition coefficient (Wildman–Crippen LogP) is 0.877. The van der Waals surface area contributed by atoms with Crippen molar-refractivity contribution in [3.63, 3.8) is 0 Å². The number of methoxy groups -OCH3 is 1. The lowest BCUT2D eigenvalue weighted by Gasteiger charge is -2.09. The number of carbonyl (C=O) groups excluding carboxylic acids is 1. The Hall–Kier alpha value is -1.67. The van der Waals surface area contributed by atoms with E-state index in [1.54, 1.807) is 7.11 Å². The molecule has 0 saturated carbocycles. The van der Waals surface area contributed by atoms with Gasteiger partial charge in [-0.05, 0) is 25.4 Å². The fraction of sp³-hybridized carbons (Fsp3) is 0.667. The van der Waals surface area contributed by atoms with Crippen LogP contribution in [0.2, 0.25) is 5.28 Å². The highest BCUT2D eigenvalue weighted by molar-refractivity contribution is 6.28. The zero-order valence-electron chi connectivity index (χ0n) is 12.4. The number of hydrogen-bond acceptors (Lipinski definition) is 7. The van der Waals surface area contributed by atoms with Crippen molar-refractivity contribution >= 4 is 23.5 Å². The molecular weight excluding hydrogens is 298 g/mol. The van der Waals surface area contributed by atoms with Gasteiger partial charge in [-0.2, -0.15) is 15.0 Å². The second kappa shape index (κ2) is 9.30. The van der Waals surface area contributed by atoms with E-state index in [2.05, 4.69) is 25.6 Å². The molecular formula is C12H20ClN5O3. The van der Waals surface area contributed by atoms with Crippen molar-refractivity contribution in [3.05, 3.63) is 5.28 Å². The molecule has 2 N–H and O–H groups in total. The van der Waals surface area contributed by atoms with Crippen molar-refractivity contribution in [2.75, 3.05) is 32.1 Å². The lowest BCUT2D eigenvalue weighted by molar-refractivity contribution is -0.121. The summed E-state index contributed by atoms with van der Waals surface area (Å²) in [6.07, 6.45) is 0.218. The molecule has 1 aromatic rings. The molecule has 9 heteroatoms. The molecule has 0 aliphatic heterocycles. The minimum Gasteiger partial charge on any atom is -0.461 e. The van der Waals surface area contributed by atoms with Crippen LogP contribution in [0.5, 0.6) is 6.01 Å². The molecule has 0 saturated heterocycles. The van der Waals surface area contributed by atoms with Gasteiger partial charge in [0.15, 0.2) is 0 Å². The Morgan fingerprint density at radius 3 is 2.71 bits per heavy atom. The summed E-state index contributed by atoms with van der Waals surface area (Å²) in [7, 11) is 1.58. The Labute approximate surface area is 128 Å². The van der Waals surface area contributed by atoms with Crippen LogP contribution < -0.4 is 15.4 Å². The van der Waals surface area contributed by atoms with Gasteiger partial charge in [0.25, 0.3) is 0 Å². The molecule has 21 heavy (non-hydrogen) atoms.